The highest BCUT2D eigenvalue weighted by Gasteiger charge is 2.30. The standard InChI is InChI=1S/C25H31F3N2O3/c1-4-13-30(14-5-2)15-16-33-23-18-21(10-11-22(23)32-3)29-24(31)12-9-19-7-6-8-20(17-19)25(26,27)28/h6-12,17-18H,4-5,13-16H2,1-3H3,(H,29,31). The fourth-order valence-electron chi connectivity index (χ4n) is 3.29. The molecule has 0 fully saturated rings. The van der Waals surface area contributed by atoms with Gasteiger partial charge in [-0.25, -0.2) is 0 Å². The van der Waals surface area contributed by atoms with Crippen molar-refractivity contribution in [2.24, 2.45) is 0 Å². The predicted octanol–water partition coefficient (Wildman–Crippen LogP) is 5.87. The van der Waals surface area contributed by atoms with E-state index in [4.69, 9.17) is 9.47 Å². The van der Waals surface area contributed by atoms with Crippen LogP contribution in [0.2, 0.25) is 0 Å². The summed E-state index contributed by atoms with van der Waals surface area (Å²) in [6.45, 7) is 7.54. The molecule has 33 heavy (non-hydrogen) atoms. The number of rotatable bonds is 12. The van der Waals surface area contributed by atoms with E-state index in [1.165, 1.54) is 24.3 Å². The van der Waals surface area contributed by atoms with Crippen molar-refractivity contribution in [3.05, 3.63) is 59.7 Å². The molecule has 0 unspecified atom stereocenters. The molecule has 0 heterocycles. The van der Waals surface area contributed by atoms with Crippen molar-refractivity contribution < 1.29 is 27.4 Å². The first-order chi connectivity index (χ1) is 15.8. The van der Waals surface area contributed by atoms with E-state index in [0.717, 1.165) is 44.6 Å². The number of nitrogens with one attached hydrogen (secondary N) is 1. The second-order valence-corrected chi connectivity index (χ2v) is 7.50. The number of benzene rings is 2. The third kappa shape index (κ3) is 8.81. The van der Waals surface area contributed by atoms with Gasteiger partial charge < -0.3 is 14.8 Å². The number of carbonyl (C=O) groups excluding carboxylic acids is 1. The minimum Gasteiger partial charge on any atom is -0.493 e. The Kier molecular flexibility index (Phi) is 10.3. The number of nitrogens with zero attached hydrogens (tertiary/aromatic N) is 1. The molecular formula is C25H31F3N2O3. The van der Waals surface area contributed by atoms with Gasteiger partial charge in [-0.1, -0.05) is 26.0 Å². The lowest BCUT2D eigenvalue weighted by Crippen LogP contribution is -2.30. The van der Waals surface area contributed by atoms with Gasteiger partial charge >= 0.3 is 6.18 Å². The molecule has 0 aliphatic heterocycles. The molecule has 0 aliphatic rings. The molecule has 0 saturated carbocycles. The maximum absolute atomic E-state index is 12.8. The van der Waals surface area contributed by atoms with Crippen molar-refractivity contribution in [3.63, 3.8) is 0 Å². The Morgan fingerprint density at radius 2 is 1.76 bits per heavy atom. The Bertz CT molecular complexity index is 923. The Hall–Kier alpha value is -3.00. The zero-order valence-electron chi connectivity index (χ0n) is 19.2. The fraction of sp³-hybridized carbons (Fsp3) is 0.400. The number of alkyl halides is 3. The van der Waals surface area contributed by atoms with Crippen LogP contribution in [0.15, 0.2) is 48.5 Å². The molecule has 2 rings (SSSR count). The molecular weight excluding hydrogens is 433 g/mol. The average molecular weight is 465 g/mol. The van der Waals surface area contributed by atoms with Crippen molar-refractivity contribution in [1.29, 1.82) is 0 Å². The van der Waals surface area contributed by atoms with Crippen LogP contribution in [0.3, 0.4) is 0 Å². The monoisotopic (exact) mass is 464 g/mol. The largest absolute Gasteiger partial charge is 0.493 e. The zero-order valence-corrected chi connectivity index (χ0v) is 19.2. The van der Waals surface area contributed by atoms with Crippen LogP contribution in [0.5, 0.6) is 11.5 Å². The predicted molar refractivity (Wildman–Crippen MR) is 125 cm³/mol. The van der Waals surface area contributed by atoms with Gasteiger partial charge in [0.15, 0.2) is 11.5 Å². The lowest BCUT2D eigenvalue weighted by molar-refractivity contribution is -0.137. The highest BCUT2D eigenvalue weighted by atomic mass is 19.4. The first kappa shape index (κ1) is 26.3. The van der Waals surface area contributed by atoms with Gasteiger partial charge in [0.05, 0.1) is 12.7 Å². The summed E-state index contributed by atoms with van der Waals surface area (Å²) in [5.74, 6) is 0.579. The Morgan fingerprint density at radius 1 is 1.03 bits per heavy atom. The van der Waals surface area contributed by atoms with Crippen molar-refractivity contribution in [1.82, 2.24) is 4.90 Å². The van der Waals surface area contributed by atoms with Crippen LogP contribution < -0.4 is 14.8 Å². The summed E-state index contributed by atoms with van der Waals surface area (Å²) in [6.07, 6.45) is 0.225. The van der Waals surface area contributed by atoms with Gasteiger partial charge in [0.2, 0.25) is 5.91 Å². The molecule has 2 aromatic rings. The highest BCUT2D eigenvalue weighted by Crippen LogP contribution is 2.31. The smallest absolute Gasteiger partial charge is 0.416 e. The maximum atomic E-state index is 12.8. The van der Waals surface area contributed by atoms with E-state index in [0.29, 0.717) is 23.8 Å². The van der Waals surface area contributed by atoms with Gasteiger partial charge in [-0.05, 0) is 61.8 Å². The number of hydrogen-bond donors (Lipinski definition) is 1. The molecule has 1 amide bonds. The number of anilines is 1. The number of methoxy groups -OCH3 is 1. The van der Waals surface area contributed by atoms with Crippen LogP contribution in [0, 0.1) is 0 Å². The third-order valence-corrected chi connectivity index (χ3v) is 4.82. The Labute approximate surface area is 193 Å². The quantitative estimate of drug-likeness (QED) is 0.400. The van der Waals surface area contributed by atoms with Gasteiger partial charge in [-0.3, -0.25) is 9.69 Å². The van der Waals surface area contributed by atoms with Crippen molar-refractivity contribution in [3.8, 4) is 11.5 Å². The van der Waals surface area contributed by atoms with Crippen LogP contribution in [-0.2, 0) is 11.0 Å². The number of carbonyl (C=O) groups is 1. The lowest BCUT2D eigenvalue weighted by atomic mass is 10.1. The summed E-state index contributed by atoms with van der Waals surface area (Å²) < 4.78 is 49.8. The molecule has 0 saturated heterocycles. The summed E-state index contributed by atoms with van der Waals surface area (Å²) in [7, 11) is 1.54. The number of amides is 1. The van der Waals surface area contributed by atoms with Gasteiger partial charge in [-0.2, -0.15) is 13.2 Å². The number of halogens is 3. The van der Waals surface area contributed by atoms with Crippen molar-refractivity contribution >= 4 is 17.7 Å². The molecule has 0 atom stereocenters. The van der Waals surface area contributed by atoms with Crippen LogP contribution in [0.25, 0.3) is 6.08 Å². The molecule has 1 N–H and O–H groups in total. The molecule has 0 radical (unpaired) electrons. The van der Waals surface area contributed by atoms with Gasteiger partial charge in [0.1, 0.15) is 6.61 Å². The van der Waals surface area contributed by atoms with Crippen LogP contribution in [0.1, 0.15) is 37.8 Å². The third-order valence-electron chi connectivity index (χ3n) is 4.82. The van der Waals surface area contributed by atoms with Crippen molar-refractivity contribution in [2.45, 2.75) is 32.9 Å². The van der Waals surface area contributed by atoms with Gasteiger partial charge in [-0.15, -0.1) is 0 Å². The van der Waals surface area contributed by atoms with E-state index in [9.17, 15) is 18.0 Å². The minimum absolute atomic E-state index is 0.280. The fourth-order valence-corrected chi connectivity index (χ4v) is 3.29. The van der Waals surface area contributed by atoms with Gasteiger partial charge in [0.25, 0.3) is 0 Å². The molecule has 180 valence electrons. The van der Waals surface area contributed by atoms with Crippen LogP contribution >= 0.6 is 0 Å². The summed E-state index contributed by atoms with van der Waals surface area (Å²) >= 11 is 0. The normalized spacial score (nSPS) is 11.7. The van der Waals surface area contributed by atoms with Crippen LogP contribution in [0.4, 0.5) is 18.9 Å². The maximum Gasteiger partial charge on any atom is 0.416 e. The molecule has 0 aliphatic carbocycles. The van der Waals surface area contributed by atoms with E-state index >= 15 is 0 Å². The second kappa shape index (κ2) is 12.9. The Balaban J connectivity index is 2.01. The summed E-state index contributed by atoms with van der Waals surface area (Å²) in [5.41, 5.74) is 0.00403. The minimum atomic E-state index is -4.43. The Morgan fingerprint density at radius 3 is 2.39 bits per heavy atom. The van der Waals surface area contributed by atoms with E-state index < -0.39 is 17.6 Å². The summed E-state index contributed by atoms with van der Waals surface area (Å²) in [5, 5.41) is 2.69. The van der Waals surface area contributed by atoms with Crippen LogP contribution in [-0.4, -0.2) is 44.2 Å². The first-order valence-corrected chi connectivity index (χ1v) is 11.0. The first-order valence-electron chi connectivity index (χ1n) is 11.0. The molecule has 2 aromatic carbocycles. The van der Waals surface area contributed by atoms with Gasteiger partial charge in [0, 0.05) is 24.4 Å². The number of ether oxygens (including phenoxy) is 2. The summed E-state index contributed by atoms with van der Waals surface area (Å²) in [4.78, 5) is 14.6. The second-order valence-electron chi connectivity index (χ2n) is 7.50. The summed E-state index contributed by atoms with van der Waals surface area (Å²) in [6, 6.07) is 9.80. The molecule has 8 heteroatoms. The lowest BCUT2D eigenvalue weighted by Gasteiger charge is -2.21. The average Bonchev–Trinajstić information content (AvgIpc) is 2.78. The molecule has 0 bridgehead atoms. The van der Waals surface area contributed by atoms with E-state index in [-0.39, 0.29) is 5.56 Å². The van der Waals surface area contributed by atoms with E-state index in [1.807, 2.05) is 0 Å². The molecule has 5 nitrogen and oxygen atoms in total. The number of hydrogen-bond acceptors (Lipinski definition) is 4. The molecule has 0 spiro atoms. The SMILES string of the molecule is CCCN(CCC)CCOc1cc(NC(=O)C=Cc2cccc(C(F)(F)F)c2)ccc1OC. The van der Waals surface area contributed by atoms with E-state index in [2.05, 4.69) is 24.1 Å². The molecule has 0 aromatic heterocycles. The van der Waals surface area contributed by atoms with Crippen molar-refractivity contribution in [2.75, 3.05) is 38.7 Å². The zero-order chi connectivity index (χ0) is 24.3. The topological polar surface area (TPSA) is 50.8 Å². The van der Waals surface area contributed by atoms with E-state index in [1.54, 1.807) is 25.3 Å². The highest BCUT2D eigenvalue weighted by molar-refractivity contribution is 6.02.